The minimum Gasteiger partial charge on any atom is -0.508 e. The number of rotatable bonds is 3. The molecule has 0 aliphatic carbocycles. The molecule has 0 aliphatic rings. The van der Waals surface area contributed by atoms with Crippen molar-refractivity contribution in [3.8, 4) is 11.5 Å². The van der Waals surface area contributed by atoms with Gasteiger partial charge in [-0.15, -0.1) is 0 Å². The molecule has 1 aromatic carbocycles. The van der Waals surface area contributed by atoms with Gasteiger partial charge >= 0.3 is 6.11 Å². The molecule has 0 heterocycles. The van der Waals surface area contributed by atoms with Crippen LogP contribution < -0.4 is 4.74 Å². The number of alkyl halides is 4. The smallest absolute Gasteiger partial charge is 0.444 e. The van der Waals surface area contributed by atoms with E-state index in [1.165, 1.54) is 0 Å². The van der Waals surface area contributed by atoms with E-state index >= 15 is 0 Å². The van der Waals surface area contributed by atoms with Crippen molar-refractivity contribution in [1.82, 2.24) is 0 Å². The molecule has 84 valence electrons. The summed E-state index contributed by atoms with van der Waals surface area (Å²) in [5, 5.41) is 8.65. The highest BCUT2D eigenvalue weighted by atomic mass is 35.5. The Hall–Kier alpha value is -0.810. The number of benzene rings is 1. The molecular weight excluding hydrogens is 256 g/mol. The van der Waals surface area contributed by atoms with Crippen LogP contribution >= 0.6 is 23.2 Å². The number of phenols is 1. The third-order valence-electron chi connectivity index (χ3n) is 1.42. The minimum absolute atomic E-state index is 0.224. The van der Waals surface area contributed by atoms with Crippen molar-refractivity contribution in [2.45, 2.75) is 11.7 Å². The largest absolute Gasteiger partial charge is 0.508 e. The van der Waals surface area contributed by atoms with Crippen molar-refractivity contribution in [1.29, 1.82) is 0 Å². The Morgan fingerprint density at radius 1 is 1.40 bits per heavy atom. The van der Waals surface area contributed by atoms with Gasteiger partial charge in [0, 0.05) is 6.07 Å². The molecule has 0 fully saturated rings. The van der Waals surface area contributed by atoms with Gasteiger partial charge in [0.05, 0.1) is 5.02 Å². The zero-order valence-electron chi connectivity index (χ0n) is 7.05. The summed E-state index contributed by atoms with van der Waals surface area (Å²) < 4.78 is 41.5. The summed E-state index contributed by atoms with van der Waals surface area (Å²) in [7, 11) is 0. The normalized spacial score (nSPS) is 13.7. The summed E-state index contributed by atoms with van der Waals surface area (Å²) in [6.07, 6.45) is -4.18. The predicted octanol–water partition coefficient (Wildman–Crippen LogP) is 3.55. The molecule has 1 N–H and O–H groups in total. The molecule has 0 saturated heterocycles. The highest BCUT2D eigenvalue weighted by molar-refractivity contribution is 6.32. The fourth-order valence-electron chi connectivity index (χ4n) is 0.764. The van der Waals surface area contributed by atoms with Gasteiger partial charge in [0.1, 0.15) is 11.5 Å². The van der Waals surface area contributed by atoms with E-state index in [0.717, 1.165) is 18.2 Å². The van der Waals surface area contributed by atoms with Crippen LogP contribution in [0.4, 0.5) is 13.2 Å². The number of hydrogen-bond acceptors (Lipinski definition) is 2. The van der Waals surface area contributed by atoms with Gasteiger partial charge in [-0.1, -0.05) is 23.2 Å². The summed E-state index contributed by atoms with van der Waals surface area (Å²) in [4.78, 5) is 0. The van der Waals surface area contributed by atoms with Crippen LogP contribution in [0, 0.1) is 0 Å². The SMILES string of the molecule is Oc1ccc(OC(F)(F)[C@H](F)Cl)c(Cl)c1. The molecule has 1 atom stereocenters. The van der Waals surface area contributed by atoms with Crippen LogP contribution in [0.2, 0.25) is 5.02 Å². The zero-order valence-corrected chi connectivity index (χ0v) is 8.57. The number of aromatic hydroxyl groups is 1. The van der Waals surface area contributed by atoms with Gasteiger partial charge in [0.2, 0.25) is 0 Å². The first-order chi connectivity index (χ1) is 6.83. The van der Waals surface area contributed by atoms with Crippen molar-refractivity contribution in [3.05, 3.63) is 23.2 Å². The maximum absolute atomic E-state index is 12.7. The second-order valence-electron chi connectivity index (χ2n) is 2.58. The molecule has 0 aliphatic heterocycles. The van der Waals surface area contributed by atoms with Crippen LogP contribution in [0.15, 0.2) is 18.2 Å². The lowest BCUT2D eigenvalue weighted by Crippen LogP contribution is -2.32. The lowest BCUT2D eigenvalue weighted by molar-refractivity contribution is -0.198. The monoisotopic (exact) mass is 260 g/mol. The van der Waals surface area contributed by atoms with Gasteiger partial charge in [0.25, 0.3) is 5.63 Å². The van der Waals surface area contributed by atoms with Crippen LogP contribution in [-0.4, -0.2) is 16.8 Å². The number of phenolic OH excluding ortho intramolecular Hbond substituents is 1. The molecule has 15 heavy (non-hydrogen) atoms. The zero-order chi connectivity index (χ0) is 11.6. The van der Waals surface area contributed by atoms with Crippen molar-refractivity contribution < 1.29 is 23.0 Å². The van der Waals surface area contributed by atoms with Crippen LogP contribution in [0.3, 0.4) is 0 Å². The van der Waals surface area contributed by atoms with Crippen LogP contribution in [0.5, 0.6) is 11.5 Å². The van der Waals surface area contributed by atoms with E-state index in [4.69, 9.17) is 16.7 Å². The molecular formula is C8H5Cl2F3O2. The van der Waals surface area contributed by atoms with Crippen LogP contribution in [0.1, 0.15) is 0 Å². The maximum atomic E-state index is 12.7. The van der Waals surface area contributed by atoms with Crippen molar-refractivity contribution in [3.63, 3.8) is 0 Å². The second kappa shape index (κ2) is 4.37. The Bertz CT molecular complexity index is 358. The van der Waals surface area contributed by atoms with E-state index < -0.39 is 17.5 Å². The molecule has 0 saturated carbocycles. The van der Waals surface area contributed by atoms with E-state index in [2.05, 4.69) is 16.3 Å². The highest BCUT2D eigenvalue weighted by Gasteiger charge is 2.42. The lowest BCUT2D eigenvalue weighted by Gasteiger charge is -2.18. The van der Waals surface area contributed by atoms with Gasteiger partial charge in [-0.3, -0.25) is 0 Å². The summed E-state index contributed by atoms with van der Waals surface area (Å²) in [5.41, 5.74) is -2.98. The summed E-state index contributed by atoms with van der Waals surface area (Å²) in [6, 6.07) is 3.03. The molecule has 0 bridgehead atoms. The van der Waals surface area contributed by atoms with Crippen LogP contribution in [0.25, 0.3) is 0 Å². The lowest BCUT2D eigenvalue weighted by atomic mass is 10.3. The molecule has 0 aromatic heterocycles. The van der Waals surface area contributed by atoms with E-state index in [-0.39, 0.29) is 10.8 Å². The second-order valence-corrected chi connectivity index (χ2v) is 3.37. The standard InChI is InChI=1S/C8H5Cl2F3O2/c9-5-3-4(14)1-2-6(5)15-8(12,13)7(10)11/h1-3,7,14H/t7-/m0/s1. The predicted molar refractivity (Wildman–Crippen MR) is 49.4 cm³/mol. The molecule has 1 aromatic rings. The Morgan fingerprint density at radius 3 is 2.47 bits per heavy atom. The van der Waals surface area contributed by atoms with Gasteiger partial charge in [-0.2, -0.15) is 8.78 Å². The van der Waals surface area contributed by atoms with E-state index in [1.807, 2.05) is 0 Å². The molecule has 0 radical (unpaired) electrons. The third-order valence-corrected chi connectivity index (χ3v) is 1.96. The van der Waals surface area contributed by atoms with Crippen molar-refractivity contribution >= 4 is 23.2 Å². The van der Waals surface area contributed by atoms with Gasteiger partial charge in [-0.25, -0.2) is 4.39 Å². The Morgan fingerprint density at radius 2 is 2.00 bits per heavy atom. The fraction of sp³-hybridized carbons (Fsp3) is 0.250. The van der Waals surface area contributed by atoms with Crippen LogP contribution in [-0.2, 0) is 0 Å². The highest BCUT2D eigenvalue weighted by Crippen LogP contribution is 2.34. The number of ether oxygens (including phenoxy) is 1. The average Bonchev–Trinajstić information content (AvgIpc) is 2.09. The summed E-state index contributed by atoms with van der Waals surface area (Å²) in [6.45, 7) is 0. The van der Waals surface area contributed by atoms with Crippen molar-refractivity contribution in [2.24, 2.45) is 0 Å². The fourth-order valence-corrected chi connectivity index (χ4v) is 1.02. The van der Waals surface area contributed by atoms with Gasteiger partial charge in [0.15, 0.2) is 0 Å². The van der Waals surface area contributed by atoms with Gasteiger partial charge in [-0.05, 0) is 12.1 Å². The molecule has 0 unspecified atom stereocenters. The number of hydrogen-bond donors (Lipinski definition) is 1. The minimum atomic E-state index is -4.18. The molecule has 2 nitrogen and oxygen atoms in total. The summed E-state index contributed by atoms with van der Waals surface area (Å²) in [5.74, 6) is -0.693. The molecule has 0 amide bonds. The Labute approximate surface area is 93.2 Å². The third kappa shape index (κ3) is 3.07. The quantitative estimate of drug-likeness (QED) is 0.843. The van der Waals surface area contributed by atoms with E-state index in [9.17, 15) is 13.2 Å². The van der Waals surface area contributed by atoms with E-state index in [1.54, 1.807) is 0 Å². The first kappa shape index (κ1) is 12.3. The first-order valence-electron chi connectivity index (χ1n) is 3.66. The Kier molecular flexibility index (Phi) is 3.57. The molecule has 7 heteroatoms. The Balaban J connectivity index is 2.90. The topological polar surface area (TPSA) is 29.5 Å². The van der Waals surface area contributed by atoms with Gasteiger partial charge < -0.3 is 9.84 Å². The molecule has 1 rings (SSSR count). The maximum Gasteiger partial charge on any atom is 0.444 e. The first-order valence-corrected chi connectivity index (χ1v) is 4.48. The average molecular weight is 261 g/mol. The molecule has 0 spiro atoms. The summed E-state index contributed by atoms with van der Waals surface area (Å²) >= 11 is 10.0. The van der Waals surface area contributed by atoms with Crippen molar-refractivity contribution in [2.75, 3.05) is 0 Å². The number of halogens is 5. The van der Waals surface area contributed by atoms with E-state index in [0.29, 0.717) is 0 Å².